The summed E-state index contributed by atoms with van der Waals surface area (Å²) in [6, 6.07) is 16.0. The normalized spacial score (nSPS) is 10.9. The van der Waals surface area contributed by atoms with Crippen LogP contribution in [0.15, 0.2) is 60.7 Å². The zero-order chi connectivity index (χ0) is 22.1. The first kappa shape index (κ1) is 20.1. The fourth-order valence-corrected chi connectivity index (χ4v) is 3.62. The van der Waals surface area contributed by atoms with Crippen LogP contribution in [0.1, 0.15) is 33.3 Å². The molecular weight excluding hydrogens is 400 g/mol. The van der Waals surface area contributed by atoms with Crippen molar-refractivity contribution in [3.63, 3.8) is 0 Å². The van der Waals surface area contributed by atoms with Gasteiger partial charge in [0.1, 0.15) is 11.3 Å². The van der Waals surface area contributed by atoms with Crippen LogP contribution < -0.4 is 4.74 Å². The van der Waals surface area contributed by atoms with Crippen molar-refractivity contribution in [3.05, 3.63) is 87.6 Å². The predicted octanol–water partition coefficient (Wildman–Crippen LogP) is 4.42. The van der Waals surface area contributed by atoms with E-state index in [1.165, 1.54) is 24.3 Å². The van der Waals surface area contributed by atoms with Crippen molar-refractivity contribution >= 4 is 33.9 Å². The number of nitro groups is 1. The van der Waals surface area contributed by atoms with Crippen LogP contribution >= 0.6 is 0 Å². The molecule has 0 aliphatic heterocycles. The second-order valence-electron chi connectivity index (χ2n) is 6.75. The van der Waals surface area contributed by atoms with Crippen molar-refractivity contribution in [2.24, 2.45) is 0 Å². The fourth-order valence-electron chi connectivity index (χ4n) is 3.62. The maximum atomic E-state index is 13.4. The quantitative estimate of drug-likeness (QED) is 0.199. The molecule has 0 bridgehead atoms. The lowest BCUT2D eigenvalue weighted by Crippen LogP contribution is -2.08. The van der Waals surface area contributed by atoms with E-state index in [4.69, 9.17) is 9.47 Å². The van der Waals surface area contributed by atoms with Gasteiger partial charge in [-0.05, 0) is 43.3 Å². The van der Waals surface area contributed by atoms with Crippen LogP contribution in [-0.2, 0) is 4.74 Å². The van der Waals surface area contributed by atoms with Crippen LogP contribution in [0.4, 0.5) is 5.69 Å². The molecule has 0 saturated carbocycles. The average molecular weight is 418 g/mol. The van der Waals surface area contributed by atoms with Crippen LogP contribution in [0.5, 0.6) is 5.75 Å². The number of ether oxygens (including phenoxy) is 2. The highest BCUT2D eigenvalue weighted by molar-refractivity contribution is 6.14. The van der Waals surface area contributed by atoms with E-state index in [0.29, 0.717) is 16.8 Å². The lowest BCUT2D eigenvalue weighted by Gasteiger charge is -2.09. The van der Waals surface area contributed by atoms with E-state index in [9.17, 15) is 19.7 Å². The molecule has 8 heteroatoms. The Kier molecular flexibility index (Phi) is 5.12. The number of carbonyl (C=O) groups excluding carboxylic acids is 2. The van der Waals surface area contributed by atoms with Gasteiger partial charge >= 0.3 is 5.97 Å². The number of hydrogen-bond donors (Lipinski definition) is 0. The molecule has 0 aliphatic rings. The lowest BCUT2D eigenvalue weighted by molar-refractivity contribution is -0.385. The van der Waals surface area contributed by atoms with Crippen molar-refractivity contribution in [2.45, 2.75) is 6.92 Å². The molecule has 156 valence electrons. The summed E-state index contributed by atoms with van der Waals surface area (Å²) in [6.45, 7) is 1.87. The van der Waals surface area contributed by atoms with Gasteiger partial charge in [0.15, 0.2) is 0 Å². The van der Waals surface area contributed by atoms with Gasteiger partial charge in [-0.1, -0.05) is 18.2 Å². The molecule has 31 heavy (non-hydrogen) atoms. The molecule has 0 saturated heterocycles. The van der Waals surface area contributed by atoms with Gasteiger partial charge in [0, 0.05) is 11.5 Å². The van der Waals surface area contributed by atoms with Crippen LogP contribution in [0.3, 0.4) is 0 Å². The first-order valence-corrected chi connectivity index (χ1v) is 9.53. The smallest absolute Gasteiger partial charge is 0.340 e. The summed E-state index contributed by atoms with van der Waals surface area (Å²) < 4.78 is 12.1. The molecule has 8 nitrogen and oxygen atoms in total. The summed E-state index contributed by atoms with van der Waals surface area (Å²) in [5.41, 5.74) is 1.09. The molecule has 4 aromatic rings. The van der Waals surface area contributed by atoms with Gasteiger partial charge in [0.05, 0.1) is 40.9 Å². The third kappa shape index (κ3) is 3.38. The molecule has 0 aliphatic carbocycles. The van der Waals surface area contributed by atoms with Gasteiger partial charge < -0.3 is 13.9 Å². The van der Waals surface area contributed by atoms with Gasteiger partial charge in [0.2, 0.25) is 5.78 Å². The van der Waals surface area contributed by atoms with Crippen molar-refractivity contribution in [3.8, 4) is 5.75 Å². The number of para-hydroxylation sites is 1. The largest absolute Gasteiger partial charge is 0.497 e. The molecule has 0 spiro atoms. The number of nitro benzene ring substituents is 1. The molecule has 2 heterocycles. The number of carbonyl (C=O) groups is 2. The standard InChI is InChI=1S/C23H18N2O6/c1-3-31-23(27)17-13-21(22(26)16-6-4-5-7-20(16)25(28)29)24-18-11-9-15(30-2)12-14(18)8-10-19(17)24/h4-13H,3H2,1-2H3. The maximum Gasteiger partial charge on any atom is 0.340 e. The first-order valence-electron chi connectivity index (χ1n) is 9.53. The second kappa shape index (κ2) is 7.91. The van der Waals surface area contributed by atoms with E-state index in [0.717, 1.165) is 5.39 Å². The van der Waals surface area contributed by atoms with Gasteiger partial charge in [-0.2, -0.15) is 0 Å². The van der Waals surface area contributed by atoms with E-state index < -0.39 is 16.7 Å². The topological polar surface area (TPSA) is 100 Å². The number of methoxy groups -OCH3 is 1. The Balaban J connectivity index is 2.04. The van der Waals surface area contributed by atoms with Crippen molar-refractivity contribution in [1.29, 1.82) is 0 Å². The van der Waals surface area contributed by atoms with Gasteiger partial charge in [-0.15, -0.1) is 0 Å². The third-order valence-corrected chi connectivity index (χ3v) is 5.01. The molecule has 4 rings (SSSR count). The summed E-state index contributed by atoms with van der Waals surface area (Å²) in [5, 5.41) is 12.2. The average Bonchev–Trinajstić information content (AvgIpc) is 3.18. The van der Waals surface area contributed by atoms with Gasteiger partial charge in [-0.3, -0.25) is 14.9 Å². The van der Waals surface area contributed by atoms with Crippen molar-refractivity contribution in [1.82, 2.24) is 4.40 Å². The first-order chi connectivity index (χ1) is 15.0. The van der Waals surface area contributed by atoms with Crippen LogP contribution in [0.2, 0.25) is 0 Å². The minimum absolute atomic E-state index is 0.0622. The van der Waals surface area contributed by atoms with E-state index in [-0.39, 0.29) is 29.1 Å². The minimum Gasteiger partial charge on any atom is -0.497 e. The molecule has 0 fully saturated rings. The van der Waals surface area contributed by atoms with E-state index in [2.05, 4.69) is 0 Å². The molecule has 0 unspecified atom stereocenters. The molecule has 0 N–H and O–H groups in total. The molecule has 0 amide bonds. The summed E-state index contributed by atoms with van der Waals surface area (Å²) in [7, 11) is 1.55. The fraction of sp³-hybridized carbons (Fsp3) is 0.130. The number of ketones is 1. The Labute approximate surface area is 176 Å². The number of fused-ring (bicyclic) bond motifs is 3. The minimum atomic E-state index is -0.599. The number of esters is 1. The van der Waals surface area contributed by atoms with Crippen LogP contribution in [0.25, 0.3) is 16.4 Å². The molecule has 2 aromatic heterocycles. The molecule has 2 aromatic carbocycles. The number of pyridine rings is 1. The number of rotatable bonds is 6. The Morgan fingerprint density at radius 3 is 2.45 bits per heavy atom. The highest BCUT2D eigenvalue weighted by atomic mass is 16.6. The Morgan fingerprint density at radius 2 is 1.74 bits per heavy atom. The Bertz CT molecular complexity index is 1360. The molecule has 0 radical (unpaired) electrons. The summed E-state index contributed by atoms with van der Waals surface area (Å²) >= 11 is 0. The lowest BCUT2D eigenvalue weighted by atomic mass is 10.1. The number of hydrogen-bond acceptors (Lipinski definition) is 6. The third-order valence-electron chi connectivity index (χ3n) is 5.01. The predicted molar refractivity (Wildman–Crippen MR) is 114 cm³/mol. The van der Waals surface area contributed by atoms with E-state index in [1.54, 1.807) is 48.8 Å². The second-order valence-corrected chi connectivity index (χ2v) is 6.75. The Morgan fingerprint density at radius 1 is 1.00 bits per heavy atom. The zero-order valence-electron chi connectivity index (χ0n) is 16.8. The van der Waals surface area contributed by atoms with Crippen molar-refractivity contribution < 1.29 is 24.0 Å². The van der Waals surface area contributed by atoms with Crippen molar-refractivity contribution in [2.75, 3.05) is 13.7 Å². The van der Waals surface area contributed by atoms with Crippen LogP contribution in [-0.4, -0.2) is 34.8 Å². The number of aromatic nitrogens is 1. The number of benzene rings is 2. The van der Waals surface area contributed by atoms with Gasteiger partial charge in [-0.25, -0.2) is 4.79 Å². The molecular formula is C23H18N2O6. The SMILES string of the molecule is CCOC(=O)c1cc(C(=O)c2ccccc2[N+](=O)[O-])n2c1ccc1cc(OC)ccc12. The van der Waals surface area contributed by atoms with E-state index >= 15 is 0 Å². The monoisotopic (exact) mass is 418 g/mol. The van der Waals surface area contributed by atoms with Gasteiger partial charge in [0.25, 0.3) is 5.69 Å². The highest BCUT2D eigenvalue weighted by Crippen LogP contribution is 2.30. The Hall–Kier alpha value is -4.20. The molecule has 0 atom stereocenters. The summed E-state index contributed by atoms with van der Waals surface area (Å²) in [5.74, 6) is -0.508. The summed E-state index contributed by atoms with van der Waals surface area (Å²) in [4.78, 5) is 36.9. The zero-order valence-corrected chi connectivity index (χ0v) is 16.8. The maximum absolute atomic E-state index is 13.4. The number of nitrogens with zero attached hydrogens (tertiary/aromatic N) is 2. The summed E-state index contributed by atoms with van der Waals surface area (Å²) in [6.07, 6.45) is 0. The highest BCUT2D eigenvalue weighted by Gasteiger charge is 2.27. The van der Waals surface area contributed by atoms with E-state index in [1.807, 2.05) is 6.07 Å². The van der Waals surface area contributed by atoms with Crippen LogP contribution in [0, 0.1) is 10.1 Å².